The Morgan fingerprint density at radius 2 is 2.47 bits per heavy atom. The van der Waals surface area contributed by atoms with E-state index < -0.39 is 0 Å². The zero-order chi connectivity index (χ0) is 11.1. The molecule has 2 unspecified atom stereocenters. The van der Waals surface area contributed by atoms with Crippen molar-refractivity contribution in [2.75, 3.05) is 13.2 Å². The third-order valence-corrected chi connectivity index (χ3v) is 2.80. The first-order valence-corrected chi connectivity index (χ1v) is 5.78. The summed E-state index contributed by atoms with van der Waals surface area (Å²) in [7, 11) is 0. The Morgan fingerprint density at radius 3 is 3.00 bits per heavy atom. The van der Waals surface area contributed by atoms with Gasteiger partial charge in [0.05, 0.1) is 18.8 Å². The molecule has 4 nitrogen and oxygen atoms in total. The van der Waals surface area contributed by atoms with Crippen LogP contribution in [0.1, 0.15) is 39.0 Å². The van der Waals surface area contributed by atoms with Gasteiger partial charge >= 0.3 is 0 Å². The van der Waals surface area contributed by atoms with E-state index in [1.165, 1.54) is 0 Å². The number of carbonyl (C=O) groups is 1. The Morgan fingerprint density at radius 1 is 1.67 bits per heavy atom. The number of ether oxygens (including phenoxy) is 1. The van der Waals surface area contributed by atoms with Gasteiger partial charge in [0.2, 0.25) is 5.91 Å². The molecule has 1 aliphatic heterocycles. The quantitative estimate of drug-likeness (QED) is 0.690. The second-order valence-corrected chi connectivity index (χ2v) is 4.03. The number of amides is 1. The average Bonchev–Trinajstić information content (AvgIpc) is 2.75. The molecule has 1 rings (SSSR count). The van der Waals surface area contributed by atoms with E-state index in [-0.39, 0.29) is 24.7 Å². The van der Waals surface area contributed by atoms with Crippen molar-refractivity contribution in [3.8, 4) is 0 Å². The molecule has 88 valence electrons. The minimum Gasteiger partial charge on any atom is -0.394 e. The molecule has 0 radical (unpaired) electrons. The Labute approximate surface area is 91.0 Å². The predicted octanol–water partition coefficient (Wildman–Crippen LogP) is 0.833. The summed E-state index contributed by atoms with van der Waals surface area (Å²) in [5, 5.41) is 11.7. The van der Waals surface area contributed by atoms with Crippen LogP contribution in [0.2, 0.25) is 0 Å². The van der Waals surface area contributed by atoms with E-state index in [4.69, 9.17) is 9.84 Å². The molecule has 0 spiro atoms. The number of aliphatic hydroxyl groups is 1. The molecule has 0 aromatic carbocycles. The molecule has 0 aromatic heterocycles. The summed E-state index contributed by atoms with van der Waals surface area (Å²) in [5.41, 5.74) is 0. The van der Waals surface area contributed by atoms with Crippen molar-refractivity contribution in [1.29, 1.82) is 0 Å². The largest absolute Gasteiger partial charge is 0.394 e. The zero-order valence-electron chi connectivity index (χ0n) is 9.37. The topological polar surface area (TPSA) is 58.6 Å². The summed E-state index contributed by atoms with van der Waals surface area (Å²) >= 11 is 0. The first-order chi connectivity index (χ1) is 7.26. The van der Waals surface area contributed by atoms with Crippen LogP contribution in [0.4, 0.5) is 0 Å². The van der Waals surface area contributed by atoms with Crippen molar-refractivity contribution in [3.63, 3.8) is 0 Å². The van der Waals surface area contributed by atoms with Gasteiger partial charge in [0.15, 0.2) is 0 Å². The van der Waals surface area contributed by atoms with Crippen molar-refractivity contribution >= 4 is 5.91 Å². The number of hydrogen-bond donors (Lipinski definition) is 2. The molecule has 1 saturated heterocycles. The first kappa shape index (κ1) is 12.5. The highest BCUT2D eigenvalue weighted by Crippen LogP contribution is 2.16. The highest BCUT2D eigenvalue weighted by Gasteiger charge is 2.17. The summed E-state index contributed by atoms with van der Waals surface area (Å²) in [6, 6.07) is -0.0954. The number of nitrogens with one attached hydrogen (secondary N) is 1. The fourth-order valence-electron chi connectivity index (χ4n) is 1.74. The van der Waals surface area contributed by atoms with E-state index in [9.17, 15) is 4.79 Å². The van der Waals surface area contributed by atoms with Gasteiger partial charge in [-0.25, -0.2) is 0 Å². The van der Waals surface area contributed by atoms with Crippen LogP contribution < -0.4 is 5.32 Å². The molecule has 2 atom stereocenters. The maximum atomic E-state index is 11.5. The molecule has 15 heavy (non-hydrogen) atoms. The van der Waals surface area contributed by atoms with Gasteiger partial charge in [-0.2, -0.15) is 0 Å². The minimum absolute atomic E-state index is 0.0160. The SMILES string of the molecule is CCC(CO)NC(=O)CCC1CCCO1. The summed E-state index contributed by atoms with van der Waals surface area (Å²) in [4.78, 5) is 11.5. The Balaban J connectivity index is 2.11. The van der Waals surface area contributed by atoms with Crippen molar-refractivity contribution in [2.45, 2.75) is 51.2 Å². The van der Waals surface area contributed by atoms with Gasteiger partial charge in [0.25, 0.3) is 0 Å². The number of carbonyl (C=O) groups excluding carboxylic acids is 1. The molecule has 2 N–H and O–H groups in total. The highest BCUT2D eigenvalue weighted by atomic mass is 16.5. The third-order valence-electron chi connectivity index (χ3n) is 2.80. The molecule has 0 saturated carbocycles. The van der Waals surface area contributed by atoms with Crippen LogP contribution in [0.15, 0.2) is 0 Å². The summed E-state index contributed by atoms with van der Waals surface area (Å²) in [6.45, 7) is 2.80. The van der Waals surface area contributed by atoms with Crippen LogP contribution in [0, 0.1) is 0 Å². The predicted molar refractivity (Wildman–Crippen MR) is 57.5 cm³/mol. The monoisotopic (exact) mass is 215 g/mol. The van der Waals surface area contributed by atoms with E-state index in [1.807, 2.05) is 6.92 Å². The third kappa shape index (κ3) is 4.62. The molecule has 1 amide bonds. The van der Waals surface area contributed by atoms with Crippen LogP contribution in [0.25, 0.3) is 0 Å². The highest BCUT2D eigenvalue weighted by molar-refractivity contribution is 5.76. The van der Waals surface area contributed by atoms with Crippen LogP contribution in [-0.4, -0.2) is 36.4 Å². The Bertz CT molecular complexity index is 186. The molecule has 0 aromatic rings. The Kier molecular flexibility index (Phi) is 5.65. The number of aliphatic hydroxyl groups excluding tert-OH is 1. The van der Waals surface area contributed by atoms with Crippen molar-refractivity contribution in [1.82, 2.24) is 5.32 Å². The van der Waals surface area contributed by atoms with Gasteiger partial charge in [-0.05, 0) is 25.7 Å². The summed E-state index contributed by atoms with van der Waals surface area (Å²) in [6.07, 6.45) is 4.52. The lowest BCUT2D eigenvalue weighted by molar-refractivity contribution is -0.122. The summed E-state index contributed by atoms with van der Waals surface area (Å²) < 4.78 is 5.43. The van der Waals surface area contributed by atoms with Gasteiger partial charge in [0.1, 0.15) is 0 Å². The van der Waals surface area contributed by atoms with E-state index in [0.29, 0.717) is 6.42 Å². The van der Waals surface area contributed by atoms with E-state index in [0.717, 1.165) is 32.3 Å². The fourth-order valence-corrected chi connectivity index (χ4v) is 1.74. The van der Waals surface area contributed by atoms with Crippen LogP contribution in [-0.2, 0) is 9.53 Å². The standard InChI is InChI=1S/C11H21NO3/c1-2-9(8-13)12-11(14)6-5-10-4-3-7-15-10/h9-10,13H,2-8H2,1H3,(H,12,14). The van der Waals surface area contributed by atoms with Gasteiger partial charge in [-0.1, -0.05) is 6.92 Å². The molecular formula is C11H21NO3. The Hall–Kier alpha value is -0.610. The normalized spacial score (nSPS) is 22.7. The maximum absolute atomic E-state index is 11.5. The van der Waals surface area contributed by atoms with Gasteiger partial charge < -0.3 is 15.2 Å². The lowest BCUT2D eigenvalue weighted by atomic mass is 10.1. The maximum Gasteiger partial charge on any atom is 0.220 e. The molecule has 1 aliphatic rings. The van der Waals surface area contributed by atoms with Crippen LogP contribution in [0.5, 0.6) is 0 Å². The van der Waals surface area contributed by atoms with Crippen molar-refractivity contribution < 1.29 is 14.6 Å². The van der Waals surface area contributed by atoms with Gasteiger partial charge in [-0.15, -0.1) is 0 Å². The number of hydrogen-bond acceptors (Lipinski definition) is 3. The van der Waals surface area contributed by atoms with Crippen molar-refractivity contribution in [3.05, 3.63) is 0 Å². The summed E-state index contributed by atoms with van der Waals surface area (Å²) in [5.74, 6) is 0.0198. The van der Waals surface area contributed by atoms with E-state index >= 15 is 0 Å². The average molecular weight is 215 g/mol. The van der Waals surface area contributed by atoms with E-state index in [2.05, 4.69) is 5.32 Å². The van der Waals surface area contributed by atoms with Gasteiger partial charge in [-0.3, -0.25) is 4.79 Å². The van der Waals surface area contributed by atoms with Crippen molar-refractivity contribution in [2.24, 2.45) is 0 Å². The lowest BCUT2D eigenvalue weighted by Crippen LogP contribution is -2.37. The second-order valence-electron chi connectivity index (χ2n) is 4.03. The molecule has 0 aliphatic carbocycles. The second kappa shape index (κ2) is 6.80. The number of rotatable bonds is 6. The minimum atomic E-state index is -0.0954. The van der Waals surface area contributed by atoms with E-state index in [1.54, 1.807) is 0 Å². The lowest BCUT2D eigenvalue weighted by Gasteiger charge is -2.15. The fraction of sp³-hybridized carbons (Fsp3) is 0.909. The smallest absolute Gasteiger partial charge is 0.220 e. The molecule has 4 heteroatoms. The zero-order valence-corrected chi connectivity index (χ0v) is 9.37. The van der Waals surface area contributed by atoms with Gasteiger partial charge in [0, 0.05) is 13.0 Å². The van der Waals surface area contributed by atoms with Crippen LogP contribution >= 0.6 is 0 Å². The molecular weight excluding hydrogens is 194 g/mol. The molecule has 1 heterocycles. The first-order valence-electron chi connectivity index (χ1n) is 5.78. The molecule has 1 fully saturated rings. The van der Waals surface area contributed by atoms with Crippen LogP contribution in [0.3, 0.4) is 0 Å². The molecule has 0 bridgehead atoms.